The van der Waals surface area contributed by atoms with Crippen LogP contribution in [0.15, 0.2) is 18.2 Å². The second-order valence-corrected chi connectivity index (χ2v) is 4.41. The first kappa shape index (κ1) is 12.3. The van der Waals surface area contributed by atoms with E-state index in [1.807, 2.05) is 0 Å². The highest BCUT2D eigenvalue weighted by atomic mass is 16.3. The Morgan fingerprint density at radius 1 is 1.20 bits per heavy atom. The van der Waals surface area contributed by atoms with E-state index in [4.69, 9.17) is 0 Å². The van der Waals surface area contributed by atoms with Crippen molar-refractivity contribution in [1.82, 2.24) is 0 Å². The first-order valence-electron chi connectivity index (χ1n) is 5.85. The zero-order valence-electron chi connectivity index (χ0n) is 10.1. The van der Waals surface area contributed by atoms with Gasteiger partial charge in [-0.1, -0.05) is 31.5 Å². The molecule has 1 aromatic rings. The summed E-state index contributed by atoms with van der Waals surface area (Å²) in [5.74, 6) is 0.426. The summed E-state index contributed by atoms with van der Waals surface area (Å²) in [4.78, 5) is 0. The molecule has 1 atom stereocenters. The fourth-order valence-corrected chi connectivity index (χ4v) is 2.13. The number of aliphatic hydroxyl groups excluding tert-OH is 1. The molecule has 1 N–H and O–H groups in total. The molecule has 0 aromatic heterocycles. The van der Waals surface area contributed by atoms with E-state index in [0.717, 1.165) is 19.3 Å². The van der Waals surface area contributed by atoms with Gasteiger partial charge in [0.25, 0.3) is 0 Å². The molecule has 1 rings (SSSR count). The summed E-state index contributed by atoms with van der Waals surface area (Å²) in [6, 6.07) is 6.41. The third kappa shape index (κ3) is 3.35. The minimum absolute atomic E-state index is 0.307. The third-order valence-electron chi connectivity index (χ3n) is 3.09. The number of aryl methyl sites for hydroxylation is 2. The van der Waals surface area contributed by atoms with Crippen LogP contribution in [-0.4, -0.2) is 11.7 Å². The van der Waals surface area contributed by atoms with Crippen LogP contribution < -0.4 is 0 Å². The largest absolute Gasteiger partial charge is 0.396 e. The summed E-state index contributed by atoms with van der Waals surface area (Å²) < 4.78 is 0. The quantitative estimate of drug-likeness (QED) is 0.784. The van der Waals surface area contributed by atoms with Gasteiger partial charge in [-0.15, -0.1) is 0 Å². The number of hydrogen-bond acceptors (Lipinski definition) is 1. The Bertz CT molecular complexity index is 284. The molecule has 1 unspecified atom stereocenters. The predicted octanol–water partition coefficient (Wildman–Crippen LogP) is 3.25. The molecule has 1 nitrogen and oxygen atoms in total. The zero-order valence-corrected chi connectivity index (χ0v) is 10.1. The van der Waals surface area contributed by atoms with Crippen molar-refractivity contribution in [3.05, 3.63) is 34.9 Å². The maximum absolute atomic E-state index is 9.30. The van der Waals surface area contributed by atoms with Crippen molar-refractivity contribution in [2.24, 2.45) is 5.92 Å². The molecule has 0 aliphatic rings. The van der Waals surface area contributed by atoms with Gasteiger partial charge in [0.15, 0.2) is 0 Å². The van der Waals surface area contributed by atoms with Crippen LogP contribution in [0.1, 0.15) is 36.5 Å². The molecule has 0 heterocycles. The Balaban J connectivity index is 2.78. The minimum atomic E-state index is 0.307. The smallest absolute Gasteiger partial charge is 0.0462 e. The van der Waals surface area contributed by atoms with Gasteiger partial charge in [0.2, 0.25) is 0 Å². The maximum atomic E-state index is 9.30. The van der Waals surface area contributed by atoms with Gasteiger partial charge in [0.05, 0.1) is 0 Å². The van der Waals surface area contributed by atoms with Gasteiger partial charge in [0, 0.05) is 6.61 Å². The number of rotatable bonds is 5. The van der Waals surface area contributed by atoms with Crippen molar-refractivity contribution in [3.8, 4) is 0 Å². The Kier molecular flexibility index (Phi) is 4.83. The van der Waals surface area contributed by atoms with Gasteiger partial charge in [0.1, 0.15) is 0 Å². The average molecular weight is 206 g/mol. The van der Waals surface area contributed by atoms with Crippen molar-refractivity contribution in [2.75, 3.05) is 6.61 Å². The lowest BCUT2D eigenvalue weighted by Crippen LogP contribution is -2.11. The van der Waals surface area contributed by atoms with Crippen LogP contribution in [0.2, 0.25) is 0 Å². The highest BCUT2D eigenvalue weighted by Gasteiger charge is 2.10. The van der Waals surface area contributed by atoms with E-state index >= 15 is 0 Å². The van der Waals surface area contributed by atoms with Gasteiger partial charge in [-0.25, -0.2) is 0 Å². The Morgan fingerprint density at radius 2 is 1.80 bits per heavy atom. The average Bonchev–Trinajstić information content (AvgIpc) is 2.22. The SMILES string of the molecule is CCCC(CO)Cc1c(C)cccc1C. The second-order valence-electron chi connectivity index (χ2n) is 4.41. The molecule has 1 aromatic carbocycles. The van der Waals surface area contributed by atoms with E-state index in [0.29, 0.717) is 12.5 Å². The standard InChI is InChI=1S/C14H22O/c1-4-6-13(10-15)9-14-11(2)7-5-8-12(14)3/h5,7-8,13,15H,4,6,9-10H2,1-3H3. The van der Waals surface area contributed by atoms with Crippen LogP contribution in [0.3, 0.4) is 0 Å². The highest BCUT2D eigenvalue weighted by molar-refractivity contribution is 5.33. The number of hydrogen-bond donors (Lipinski definition) is 1. The maximum Gasteiger partial charge on any atom is 0.0462 e. The van der Waals surface area contributed by atoms with Crippen molar-refractivity contribution >= 4 is 0 Å². The van der Waals surface area contributed by atoms with E-state index in [1.165, 1.54) is 16.7 Å². The molecule has 0 fully saturated rings. The van der Waals surface area contributed by atoms with Crippen LogP contribution >= 0.6 is 0 Å². The van der Waals surface area contributed by atoms with Crippen LogP contribution in [0, 0.1) is 19.8 Å². The van der Waals surface area contributed by atoms with E-state index in [2.05, 4.69) is 39.0 Å². The molecule has 0 amide bonds. The first-order chi connectivity index (χ1) is 7.19. The van der Waals surface area contributed by atoms with E-state index in [9.17, 15) is 5.11 Å². The van der Waals surface area contributed by atoms with Crippen molar-refractivity contribution in [2.45, 2.75) is 40.0 Å². The van der Waals surface area contributed by atoms with Gasteiger partial charge < -0.3 is 5.11 Å². The second kappa shape index (κ2) is 5.92. The van der Waals surface area contributed by atoms with E-state index < -0.39 is 0 Å². The number of aliphatic hydroxyl groups is 1. The molecule has 0 aliphatic carbocycles. The Labute approximate surface area is 93.1 Å². The lowest BCUT2D eigenvalue weighted by molar-refractivity contribution is 0.217. The molecule has 0 aliphatic heterocycles. The van der Waals surface area contributed by atoms with Crippen molar-refractivity contribution < 1.29 is 5.11 Å². The van der Waals surface area contributed by atoms with E-state index in [-0.39, 0.29) is 0 Å². The topological polar surface area (TPSA) is 20.2 Å². The molecule has 0 bridgehead atoms. The summed E-state index contributed by atoms with van der Waals surface area (Å²) in [5.41, 5.74) is 4.12. The lowest BCUT2D eigenvalue weighted by atomic mass is 9.91. The van der Waals surface area contributed by atoms with Crippen LogP contribution in [0.25, 0.3) is 0 Å². The third-order valence-corrected chi connectivity index (χ3v) is 3.09. The molecule has 0 saturated carbocycles. The summed E-state index contributed by atoms with van der Waals surface area (Å²) >= 11 is 0. The van der Waals surface area contributed by atoms with Gasteiger partial charge >= 0.3 is 0 Å². The first-order valence-corrected chi connectivity index (χ1v) is 5.85. The summed E-state index contributed by atoms with van der Waals surface area (Å²) in [6.07, 6.45) is 3.28. The minimum Gasteiger partial charge on any atom is -0.396 e. The molecule has 15 heavy (non-hydrogen) atoms. The van der Waals surface area contributed by atoms with Crippen LogP contribution in [0.5, 0.6) is 0 Å². The Morgan fingerprint density at radius 3 is 2.27 bits per heavy atom. The highest BCUT2D eigenvalue weighted by Crippen LogP contribution is 2.20. The van der Waals surface area contributed by atoms with E-state index in [1.54, 1.807) is 0 Å². The molecular weight excluding hydrogens is 184 g/mol. The molecule has 1 heteroatoms. The predicted molar refractivity (Wildman–Crippen MR) is 65.1 cm³/mol. The summed E-state index contributed by atoms with van der Waals surface area (Å²) in [5, 5.41) is 9.30. The molecule has 0 spiro atoms. The molecule has 0 radical (unpaired) electrons. The zero-order chi connectivity index (χ0) is 11.3. The van der Waals surface area contributed by atoms with Crippen molar-refractivity contribution in [1.29, 1.82) is 0 Å². The summed E-state index contributed by atoms with van der Waals surface area (Å²) in [7, 11) is 0. The molecular formula is C14H22O. The monoisotopic (exact) mass is 206 g/mol. The van der Waals surface area contributed by atoms with Crippen LogP contribution in [-0.2, 0) is 6.42 Å². The fourth-order valence-electron chi connectivity index (χ4n) is 2.13. The normalized spacial score (nSPS) is 12.8. The Hall–Kier alpha value is -0.820. The van der Waals surface area contributed by atoms with Gasteiger partial charge in [-0.05, 0) is 49.3 Å². The number of benzene rings is 1. The fraction of sp³-hybridized carbons (Fsp3) is 0.571. The molecule has 0 saturated heterocycles. The van der Waals surface area contributed by atoms with Crippen molar-refractivity contribution in [3.63, 3.8) is 0 Å². The lowest BCUT2D eigenvalue weighted by Gasteiger charge is -2.16. The summed E-state index contributed by atoms with van der Waals surface area (Å²) in [6.45, 7) is 6.79. The van der Waals surface area contributed by atoms with Gasteiger partial charge in [-0.2, -0.15) is 0 Å². The van der Waals surface area contributed by atoms with Gasteiger partial charge in [-0.3, -0.25) is 0 Å². The molecule has 84 valence electrons. The van der Waals surface area contributed by atoms with Crippen LogP contribution in [0.4, 0.5) is 0 Å².